The van der Waals surface area contributed by atoms with E-state index in [4.69, 9.17) is 4.74 Å². The third-order valence-electron chi connectivity index (χ3n) is 2.98. The Morgan fingerprint density at radius 2 is 2.31 bits per heavy atom. The molecule has 2 rings (SSSR count). The number of rotatable bonds is 3. The van der Waals surface area contributed by atoms with E-state index in [0.717, 1.165) is 30.5 Å². The molecule has 1 fully saturated rings. The molecule has 0 bridgehead atoms. The van der Waals surface area contributed by atoms with Crippen LogP contribution in [0.25, 0.3) is 0 Å². The molecule has 1 heterocycles. The molecule has 3 heteroatoms. The van der Waals surface area contributed by atoms with Gasteiger partial charge in [-0.3, -0.25) is 4.79 Å². The van der Waals surface area contributed by atoms with Crippen LogP contribution in [0.15, 0.2) is 24.3 Å². The lowest BCUT2D eigenvalue weighted by molar-refractivity contribution is -0.147. The molecule has 1 saturated heterocycles. The Morgan fingerprint density at radius 1 is 1.50 bits per heavy atom. The topological polar surface area (TPSA) is 38.3 Å². The second-order valence-electron chi connectivity index (χ2n) is 4.18. The Labute approximate surface area is 95.8 Å². The van der Waals surface area contributed by atoms with Crippen molar-refractivity contribution >= 4 is 5.97 Å². The van der Waals surface area contributed by atoms with Gasteiger partial charge in [0.05, 0.1) is 0 Å². The smallest absolute Gasteiger partial charge is 0.323 e. The van der Waals surface area contributed by atoms with Gasteiger partial charge < -0.3 is 10.1 Å². The van der Waals surface area contributed by atoms with Crippen molar-refractivity contribution in [3.63, 3.8) is 0 Å². The van der Waals surface area contributed by atoms with Crippen molar-refractivity contribution in [1.29, 1.82) is 0 Å². The monoisotopic (exact) mass is 219 g/mol. The van der Waals surface area contributed by atoms with E-state index in [1.807, 2.05) is 31.2 Å². The Balaban J connectivity index is 1.87. The van der Waals surface area contributed by atoms with Gasteiger partial charge in [-0.25, -0.2) is 0 Å². The molecule has 1 N–H and O–H groups in total. The Morgan fingerprint density at radius 3 is 3.00 bits per heavy atom. The Bertz CT molecular complexity index is 370. The maximum absolute atomic E-state index is 11.6. The van der Waals surface area contributed by atoms with Gasteiger partial charge >= 0.3 is 5.97 Å². The first-order chi connectivity index (χ1) is 7.77. The molecule has 0 aromatic heterocycles. The fraction of sp³-hybridized carbons (Fsp3) is 0.462. The molecule has 0 aliphatic carbocycles. The number of ether oxygens (including phenoxy) is 1. The van der Waals surface area contributed by atoms with Crippen LogP contribution in [0.3, 0.4) is 0 Å². The minimum atomic E-state index is -0.124. The van der Waals surface area contributed by atoms with E-state index in [1.165, 1.54) is 0 Å². The highest BCUT2D eigenvalue weighted by atomic mass is 16.5. The molecule has 0 amide bonds. The second-order valence-corrected chi connectivity index (χ2v) is 4.18. The number of nitrogens with one attached hydrogen (secondary N) is 1. The van der Waals surface area contributed by atoms with Crippen LogP contribution >= 0.6 is 0 Å². The summed E-state index contributed by atoms with van der Waals surface area (Å²) in [5, 5.41) is 3.13. The van der Waals surface area contributed by atoms with E-state index >= 15 is 0 Å². The molecular formula is C13H17NO2. The zero-order chi connectivity index (χ0) is 11.4. The fourth-order valence-electron chi connectivity index (χ4n) is 1.91. The summed E-state index contributed by atoms with van der Waals surface area (Å²) in [6.07, 6.45) is 1.96. The highest BCUT2D eigenvalue weighted by molar-refractivity contribution is 5.76. The largest absolute Gasteiger partial charge is 0.460 e. The highest BCUT2D eigenvalue weighted by Gasteiger charge is 2.23. The molecule has 1 atom stereocenters. The molecule has 1 aliphatic heterocycles. The highest BCUT2D eigenvalue weighted by Crippen LogP contribution is 2.11. The van der Waals surface area contributed by atoms with Gasteiger partial charge in [0.25, 0.3) is 0 Å². The summed E-state index contributed by atoms with van der Waals surface area (Å²) in [4.78, 5) is 11.6. The van der Waals surface area contributed by atoms with E-state index in [1.54, 1.807) is 0 Å². The Hall–Kier alpha value is -1.35. The van der Waals surface area contributed by atoms with Crippen molar-refractivity contribution in [2.45, 2.75) is 32.4 Å². The fourth-order valence-corrected chi connectivity index (χ4v) is 1.91. The van der Waals surface area contributed by atoms with Gasteiger partial charge in [-0.15, -0.1) is 0 Å². The van der Waals surface area contributed by atoms with Gasteiger partial charge in [0.1, 0.15) is 12.6 Å². The summed E-state index contributed by atoms with van der Waals surface area (Å²) in [5.74, 6) is -0.124. The van der Waals surface area contributed by atoms with Gasteiger partial charge in [-0.1, -0.05) is 24.3 Å². The molecule has 1 aromatic rings. The molecule has 1 unspecified atom stereocenters. The molecule has 3 nitrogen and oxygen atoms in total. The third-order valence-corrected chi connectivity index (χ3v) is 2.98. The maximum Gasteiger partial charge on any atom is 0.323 e. The van der Waals surface area contributed by atoms with Gasteiger partial charge in [0.15, 0.2) is 0 Å². The van der Waals surface area contributed by atoms with Crippen LogP contribution in [0.2, 0.25) is 0 Å². The maximum atomic E-state index is 11.6. The summed E-state index contributed by atoms with van der Waals surface area (Å²) in [6.45, 7) is 3.32. The van der Waals surface area contributed by atoms with E-state index in [-0.39, 0.29) is 12.0 Å². The SMILES string of the molecule is Cc1ccccc1COC(=O)C1CCCN1. The van der Waals surface area contributed by atoms with E-state index in [9.17, 15) is 4.79 Å². The summed E-state index contributed by atoms with van der Waals surface area (Å²) >= 11 is 0. The molecule has 0 saturated carbocycles. The molecule has 1 aromatic carbocycles. The van der Waals surface area contributed by atoms with Crippen molar-refractivity contribution in [1.82, 2.24) is 5.32 Å². The lowest BCUT2D eigenvalue weighted by Crippen LogP contribution is -2.32. The number of hydrogen-bond donors (Lipinski definition) is 1. The molecule has 1 aliphatic rings. The summed E-state index contributed by atoms with van der Waals surface area (Å²) < 4.78 is 5.29. The Kier molecular flexibility index (Phi) is 3.57. The van der Waals surface area contributed by atoms with E-state index < -0.39 is 0 Å². The molecule has 0 spiro atoms. The van der Waals surface area contributed by atoms with Gasteiger partial charge in [0.2, 0.25) is 0 Å². The van der Waals surface area contributed by atoms with Crippen LogP contribution in [0.4, 0.5) is 0 Å². The summed E-state index contributed by atoms with van der Waals surface area (Å²) in [5.41, 5.74) is 2.24. The second kappa shape index (κ2) is 5.12. The minimum absolute atomic E-state index is 0.0935. The molecule has 0 radical (unpaired) electrons. The van der Waals surface area contributed by atoms with Crippen molar-refractivity contribution in [3.8, 4) is 0 Å². The van der Waals surface area contributed by atoms with Crippen molar-refractivity contribution in [2.24, 2.45) is 0 Å². The minimum Gasteiger partial charge on any atom is -0.460 e. The van der Waals surface area contributed by atoms with Crippen LogP contribution in [-0.2, 0) is 16.1 Å². The number of esters is 1. The van der Waals surface area contributed by atoms with Gasteiger partial charge in [-0.05, 0) is 37.4 Å². The number of hydrogen-bond acceptors (Lipinski definition) is 3. The number of carbonyl (C=O) groups excluding carboxylic acids is 1. The van der Waals surface area contributed by atoms with E-state index in [2.05, 4.69) is 5.32 Å². The van der Waals surface area contributed by atoms with Gasteiger partial charge in [-0.2, -0.15) is 0 Å². The van der Waals surface area contributed by atoms with Crippen LogP contribution < -0.4 is 5.32 Å². The first-order valence-electron chi connectivity index (χ1n) is 5.72. The normalized spacial score (nSPS) is 19.7. The van der Waals surface area contributed by atoms with E-state index in [0.29, 0.717) is 6.61 Å². The first-order valence-corrected chi connectivity index (χ1v) is 5.72. The predicted molar refractivity (Wildman–Crippen MR) is 62.0 cm³/mol. The lowest BCUT2D eigenvalue weighted by atomic mass is 10.1. The number of carbonyl (C=O) groups is 1. The van der Waals surface area contributed by atoms with Gasteiger partial charge in [0, 0.05) is 0 Å². The molecule has 16 heavy (non-hydrogen) atoms. The average Bonchev–Trinajstić information content (AvgIpc) is 2.81. The standard InChI is InChI=1S/C13H17NO2/c1-10-5-2-3-6-11(10)9-16-13(15)12-7-4-8-14-12/h2-3,5-6,12,14H,4,7-9H2,1H3. The summed E-state index contributed by atoms with van der Waals surface area (Å²) in [6, 6.07) is 7.87. The number of aryl methyl sites for hydroxylation is 1. The predicted octanol–water partition coefficient (Wildman–Crippen LogP) is 1.79. The quantitative estimate of drug-likeness (QED) is 0.788. The van der Waals surface area contributed by atoms with Crippen LogP contribution in [0.1, 0.15) is 24.0 Å². The van der Waals surface area contributed by atoms with Crippen molar-refractivity contribution < 1.29 is 9.53 Å². The average molecular weight is 219 g/mol. The van der Waals surface area contributed by atoms with Crippen molar-refractivity contribution in [2.75, 3.05) is 6.54 Å². The molecule has 86 valence electrons. The lowest BCUT2D eigenvalue weighted by Gasteiger charge is -2.11. The zero-order valence-corrected chi connectivity index (χ0v) is 9.53. The van der Waals surface area contributed by atoms with Crippen LogP contribution in [-0.4, -0.2) is 18.6 Å². The molecular weight excluding hydrogens is 202 g/mol. The first kappa shape index (κ1) is 11.1. The number of benzene rings is 1. The zero-order valence-electron chi connectivity index (χ0n) is 9.53. The van der Waals surface area contributed by atoms with Crippen LogP contribution in [0, 0.1) is 6.92 Å². The third kappa shape index (κ3) is 2.61. The van der Waals surface area contributed by atoms with Crippen LogP contribution in [0.5, 0.6) is 0 Å². The van der Waals surface area contributed by atoms with Crippen molar-refractivity contribution in [3.05, 3.63) is 35.4 Å². The summed E-state index contributed by atoms with van der Waals surface area (Å²) in [7, 11) is 0.